The van der Waals surface area contributed by atoms with E-state index >= 15 is 0 Å². The summed E-state index contributed by atoms with van der Waals surface area (Å²) in [5.74, 6) is 0.213. The number of nitrogens with one attached hydrogen (secondary N) is 1. The Morgan fingerprint density at radius 1 is 1.40 bits per heavy atom. The van der Waals surface area contributed by atoms with Crippen molar-refractivity contribution in [1.82, 2.24) is 4.98 Å². The largest absolute Gasteiger partial charge is 0.479 e. The maximum absolute atomic E-state index is 12.0. The van der Waals surface area contributed by atoms with E-state index in [4.69, 9.17) is 21.6 Å². The third-order valence-corrected chi connectivity index (χ3v) is 2.61. The minimum absolute atomic E-state index is 0.0432. The zero-order valence-electron chi connectivity index (χ0n) is 10.3. The molecule has 1 amide bonds. The van der Waals surface area contributed by atoms with Crippen molar-refractivity contribution in [2.45, 2.75) is 0 Å². The van der Waals surface area contributed by atoms with E-state index in [0.29, 0.717) is 22.2 Å². The van der Waals surface area contributed by atoms with Crippen molar-refractivity contribution < 1.29 is 9.53 Å². The molecule has 0 aliphatic rings. The molecule has 1 aromatic carbocycles. The van der Waals surface area contributed by atoms with Crippen molar-refractivity contribution in [3.63, 3.8) is 0 Å². The lowest BCUT2D eigenvalue weighted by molar-refractivity contribution is 0.102. The molecular formula is C14H10ClN3O2. The van der Waals surface area contributed by atoms with Crippen LogP contribution in [0.3, 0.4) is 0 Å². The van der Waals surface area contributed by atoms with Crippen LogP contribution in [0.25, 0.3) is 0 Å². The molecule has 1 heterocycles. The van der Waals surface area contributed by atoms with Gasteiger partial charge in [0.25, 0.3) is 5.91 Å². The number of ether oxygens (including phenoxy) is 1. The number of halogens is 1. The molecule has 2 rings (SSSR count). The van der Waals surface area contributed by atoms with Crippen molar-refractivity contribution in [1.29, 1.82) is 5.26 Å². The fraction of sp³-hybridized carbons (Fsp3) is 0.0714. The first-order chi connectivity index (χ1) is 9.69. The van der Waals surface area contributed by atoms with E-state index < -0.39 is 0 Å². The summed E-state index contributed by atoms with van der Waals surface area (Å²) in [5.41, 5.74) is 0.970. The van der Waals surface area contributed by atoms with Gasteiger partial charge in [0, 0.05) is 18.0 Å². The van der Waals surface area contributed by atoms with Gasteiger partial charge < -0.3 is 10.1 Å². The minimum Gasteiger partial charge on any atom is -0.479 e. The van der Waals surface area contributed by atoms with Crippen LogP contribution in [0.15, 0.2) is 42.6 Å². The van der Waals surface area contributed by atoms with E-state index in [2.05, 4.69) is 10.3 Å². The van der Waals surface area contributed by atoms with Crippen molar-refractivity contribution in [2.24, 2.45) is 0 Å². The SMILES string of the molecule is N#CCOc1cccc(NC(=O)c2ccc(Cl)nc2)c1. The van der Waals surface area contributed by atoms with E-state index in [1.54, 1.807) is 36.4 Å². The number of benzene rings is 1. The summed E-state index contributed by atoms with van der Waals surface area (Å²) in [6, 6.07) is 11.8. The number of pyridine rings is 1. The summed E-state index contributed by atoms with van der Waals surface area (Å²) in [6.07, 6.45) is 1.40. The Hall–Kier alpha value is -2.58. The summed E-state index contributed by atoms with van der Waals surface area (Å²) >= 11 is 5.66. The molecule has 0 aliphatic heterocycles. The molecular weight excluding hydrogens is 278 g/mol. The van der Waals surface area contributed by atoms with Gasteiger partial charge in [0.15, 0.2) is 6.61 Å². The van der Waals surface area contributed by atoms with E-state index in [0.717, 1.165) is 0 Å². The van der Waals surface area contributed by atoms with Gasteiger partial charge in [-0.05, 0) is 24.3 Å². The Morgan fingerprint density at radius 3 is 2.95 bits per heavy atom. The lowest BCUT2D eigenvalue weighted by Gasteiger charge is -2.07. The second kappa shape index (κ2) is 6.55. The molecule has 0 aliphatic carbocycles. The number of carbonyl (C=O) groups excluding carboxylic acids is 1. The average molecular weight is 288 g/mol. The molecule has 20 heavy (non-hydrogen) atoms. The van der Waals surface area contributed by atoms with Crippen LogP contribution >= 0.6 is 11.6 Å². The average Bonchev–Trinajstić information content (AvgIpc) is 2.46. The molecule has 0 fully saturated rings. The van der Waals surface area contributed by atoms with Crippen LogP contribution in [0, 0.1) is 11.3 Å². The van der Waals surface area contributed by atoms with Gasteiger partial charge in [0.2, 0.25) is 0 Å². The lowest BCUT2D eigenvalue weighted by Crippen LogP contribution is -2.12. The minimum atomic E-state index is -0.299. The number of aromatic nitrogens is 1. The van der Waals surface area contributed by atoms with Gasteiger partial charge in [-0.3, -0.25) is 4.79 Å². The van der Waals surface area contributed by atoms with Gasteiger partial charge in [-0.2, -0.15) is 5.26 Å². The third-order valence-electron chi connectivity index (χ3n) is 2.38. The predicted octanol–water partition coefficient (Wildman–Crippen LogP) is 2.89. The Morgan fingerprint density at radius 2 is 2.25 bits per heavy atom. The number of hydrogen-bond acceptors (Lipinski definition) is 4. The number of amides is 1. The highest BCUT2D eigenvalue weighted by Crippen LogP contribution is 2.18. The maximum atomic E-state index is 12.0. The van der Waals surface area contributed by atoms with Crippen LogP contribution in [0.4, 0.5) is 5.69 Å². The van der Waals surface area contributed by atoms with Gasteiger partial charge in [-0.15, -0.1) is 0 Å². The van der Waals surface area contributed by atoms with Gasteiger partial charge in [0.05, 0.1) is 5.56 Å². The van der Waals surface area contributed by atoms with Crippen LogP contribution in [-0.4, -0.2) is 17.5 Å². The molecule has 0 saturated carbocycles. The monoisotopic (exact) mass is 287 g/mol. The molecule has 6 heteroatoms. The van der Waals surface area contributed by atoms with E-state index in [1.165, 1.54) is 6.20 Å². The number of anilines is 1. The van der Waals surface area contributed by atoms with E-state index in [-0.39, 0.29) is 12.5 Å². The Bertz CT molecular complexity index is 650. The standard InChI is InChI=1S/C14H10ClN3O2/c15-13-5-4-10(9-17-13)14(19)18-11-2-1-3-12(8-11)20-7-6-16/h1-5,8-9H,7H2,(H,18,19). The first kappa shape index (κ1) is 13.8. The number of hydrogen-bond donors (Lipinski definition) is 1. The van der Waals surface area contributed by atoms with Gasteiger partial charge in [0.1, 0.15) is 17.0 Å². The summed E-state index contributed by atoms with van der Waals surface area (Å²) in [7, 11) is 0. The van der Waals surface area contributed by atoms with Gasteiger partial charge >= 0.3 is 0 Å². The Kier molecular flexibility index (Phi) is 4.53. The number of nitrogens with zero attached hydrogens (tertiary/aromatic N) is 2. The number of rotatable bonds is 4. The highest BCUT2D eigenvalue weighted by Gasteiger charge is 2.07. The molecule has 100 valence electrons. The number of carbonyl (C=O) groups is 1. The van der Waals surface area contributed by atoms with Crippen molar-refractivity contribution in [3.05, 3.63) is 53.3 Å². The fourth-order valence-electron chi connectivity index (χ4n) is 1.49. The number of nitriles is 1. The molecule has 2 aromatic rings. The topological polar surface area (TPSA) is 75.0 Å². The van der Waals surface area contributed by atoms with Crippen molar-refractivity contribution in [2.75, 3.05) is 11.9 Å². The van der Waals surface area contributed by atoms with E-state index in [9.17, 15) is 4.79 Å². The first-order valence-corrected chi connectivity index (χ1v) is 6.09. The smallest absolute Gasteiger partial charge is 0.257 e. The molecule has 0 atom stereocenters. The maximum Gasteiger partial charge on any atom is 0.257 e. The molecule has 0 bridgehead atoms. The van der Waals surface area contributed by atoms with Crippen LogP contribution in [0.5, 0.6) is 5.75 Å². The quantitative estimate of drug-likeness (QED) is 0.877. The third kappa shape index (κ3) is 3.70. The molecule has 0 unspecified atom stereocenters. The zero-order chi connectivity index (χ0) is 14.4. The van der Waals surface area contributed by atoms with Crippen LogP contribution < -0.4 is 10.1 Å². The molecule has 5 nitrogen and oxygen atoms in total. The molecule has 0 radical (unpaired) electrons. The summed E-state index contributed by atoms with van der Waals surface area (Å²) < 4.78 is 5.16. The predicted molar refractivity (Wildman–Crippen MR) is 74.8 cm³/mol. The van der Waals surface area contributed by atoms with Crippen molar-refractivity contribution >= 4 is 23.2 Å². The highest BCUT2D eigenvalue weighted by atomic mass is 35.5. The molecule has 0 saturated heterocycles. The Balaban J connectivity index is 2.07. The van der Waals surface area contributed by atoms with E-state index in [1.807, 2.05) is 6.07 Å². The highest BCUT2D eigenvalue weighted by molar-refractivity contribution is 6.29. The normalized spacial score (nSPS) is 9.60. The molecule has 1 aromatic heterocycles. The second-order valence-corrected chi connectivity index (χ2v) is 4.19. The summed E-state index contributed by atoms with van der Waals surface area (Å²) in [6.45, 7) is -0.0432. The summed E-state index contributed by atoms with van der Waals surface area (Å²) in [4.78, 5) is 15.8. The van der Waals surface area contributed by atoms with Crippen LogP contribution in [0.1, 0.15) is 10.4 Å². The first-order valence-electron chi connectivity index (χ1n) is 5.72. The Labute approximate surface area is 120 Å². The zero-order valence-corrected chi connectivity index (χ0v) is 11.1. The fourth-order valence-corrected chi connectivity index (χ4v) is 1.60. The molecule has 0 spiro atoms. The van der Waals surface area contributed by atoms with Crippen LogP contribution in [0.2, 0.25) is 5.15 Å². The lowest BCUT2D eigenvalue weighted by atomic mass is 10.2. The van der Waals surface area contributed by atoms with Gasteiger partial charge in [-0.1, -0.05) is 17.7 Å². The van der Waals surface area contributed by atoms with Gasteiger partial charge in [-0.25, -0.2) is 4.98 Å². The van der Waals surface area contributed by atoms with Crippen LogP contribution in [-0.2, 0) is 0 Å². The molecule has 1 N–H and O–H groups in total. The second-order valence-electron chi connectivity index (χ2n) is 3.80. The summed E-state index contributed by atoms with van der Waals surface area (Å²) in [5, 5.41) is 11.5. The van der Waals surface area contributed by atoms with Crippen molar-refractivity contribution in [3.8, 4) is 11.8 Å².